The van der Waals surface area contributed by atoms with Crippen molar-refractivity contribution in [2.75, 3.05) is 13.1 Å². The van der Waals surface area contributed by atoms with Crippen molar-refractivity contribution in [2.45, 2.75) is 43.8 Å². The predicted molar refractivity (Wildman–Crippen MR) is 81.4 cm³/mol. The summed E-state index contributed by atoms with van der Waals surface area (Å²) in [5.74, 6) is -0.405. The first kappa shape index (κ1) is 14.6. The normalized spacial score (nSPS) is 30.8. The van der Waals surface area contributed by atoms with Gasteiger partial charge >= 0.3 is 0 Å². The first-order valence-corrected chi connectivity index (χ1v) is 8.19. The van der Waals surface area contributed by atoms with Gasteiger partial charge in [0.15, 0.2) is 5.67 Å². The van der Waals surface area contributed by atoms with E-state index in [1.807, 2.05) is 0 Å². The van der Waals surface area contributed by atoms with Crippen LogP contribution in [0.4, 0.5) is 4.39 Å². The van der Waals surface area contributed by atoms with Gasteiger partial charge in [0.05, 0.1) is 0 Å². The van der Waals surface area contributed by atoms with Gasteiger partial charge in [-0.3, -0.25) is 14.6 Å². The first-order valence-electron chi connectivity index (χ1n) is 8.19. The fourth-order valence-corrected chi connectivity index (χ4v) is 3.91. The van der Waals surface area contributed by atoms with Crippen molar-refractivity contribution in [3.05, 3.63) is 30.1 Å². The maximum atomic E-state index is 13.9. The van der Waals surface area contributed by atoms with Crippen molar-refractivity contribution >= 4 is 11.8 Å². The third-order valence-electron chi connectivity index (χ3n) is 5.43. The van der Waals surface area contributed by atoms with Crippen LogP contribution < -0.4 is 5.32 Å². The number of carbonyl (C=O) groups is 2. The molecule has 1 spiro atoms. The SMILES string of the molecule is O=C(NC1CC2(CCN(C(=O)C3(F)CC3)C2)C1)c1ccncc1. The summed E-state index contributed by atoms with van der Waals surface area (Å²) in [6.07, 6.45) is 6.60. The Kier molecular flexibility index (Phi) is 3.18. The molecule has 2 aliphatic carbocycles. The molecular formula is C17H20FN3O2. The molecule has 1 N–H and O–H groups in total. The van der Waals surface area contributed by atoms with Gasteiger partial charge in [-0.1, -0.05) is 0 Å². The van der Waals surface area contributed by atoms with Gasteiger partial charge in [-0.2, -0.15) is 0 Å². The highest BCUT2D eigenvalue weighted by Crippen LogP contribution is 2.50. The van der Waals surface area contributed by atoms with Gasteiger partial charge < -0.3 is 10.2 Å². The van der Waals surface area contributed by atoms with E-state index in [0.29, 0.717) is 31.5 Å². The molecule has 2 heterocycles. The number of alkyl halides is 1. The Balaban J connectivity index is 1.30. The molecule has 23 heavy (non-hydrogen) atoms. The fourth-order valence-electron chi connectivity index (χ4n) is 3.91. The molecule has 3 aliphatic rings. The highest BCUT2D eigenvalue weighted by molar-refractivity contribution is 5.94. The molecule has 6 heteroatoms. The van der Waals surface area contributed by atoms with Crippen molar-refractivity contribution in [2.24, 2.45) is 5.41 Å². The third kappa shape index (κ3) is 2.60. The van der Waals surface area contributed by atoms with E-state index in [1.165, 1.54) is 0 Å². The van der Waals surface area contributed by atoms with Crippen molar-refractivity contribution in [1.29, 1.82) is 0 Å². The van der Waals surface area contributed by atoms with E-state index in [9.17, 15) is 14.0 Å². The lowest BCUT2D eigenvalue weighted by molar-refractivity contribution is -0.137. The largest absolute Gasteiger partial charge is 0.349 e. The predicted octanol–water partition coefficient (Wildman–Crippen LogP) is 1.69. The lowest BCUT2D eigenvalue weighted by Crippen LogP contribution is -2.52. The summed E-state index contributed by atoms with van der Waals surface area (Å²) < 4.78 is 13.9. The van der Waals surface area contributed by atoms with Crippen molar-refractivity contribution in [3.8, 4) is 0 Å². The Hall–Kier alpha value is -1.98. The number of nitrogens with zero attached hydrogens (tertiary/aromatic N) is 2. The second-order valence-electron chi connectivity index (χ2n) is 7.26. The molecular weight excluding hydrogens is 297 g/mol. The fraction of sp³-hybridized carbons (Fsp3) is 0.588. The molecule has 1 aliphatic heterocycles. The van der Waals surface area contributed by atoms with Crippen molar-refractivity contribution < 1.29 is 14.0 Å². The van der Waals surface area contributed by atoms with Gasteiger partial charge in [0, 0.05) is 37.1 Å². The summed E-state index contributed by atoms with van der Waals surface area (Å²) in [5.41, 5.74) is -0.876. The van der Waals surface area contributed by atoms with Gasteiger partial charge in [0.1, 0.15) is 0 Å². The summed E-state index contributed by atoms with van der Waals surface area (Å²) in [5, 5.41) is 3.03. The maximum Gasteiger partial charge on any atom is 0.260 e. The van der Waals surface area contributed by atoms with Crippen molar-refractivity contribution in [1.82, 2.24) is 15.2 Å². The van der Waals surface area contributed by atoms with E-state index in [-0.39, 0.29) is 23.3 Å². The molecule has 0 radical (unpaired) electrons. The van der Waals surface area contributed by atoms with Crippen LogP contribution in [0.5, 0.6) is 0 Å². The third-order valence-corrected chi connectivity index (χ3v) is 5.43. The van der Waals surface area contributed by atoms with Crippen LogP contribution in [0.3, 0.4) is 0 Å². The topological polar surface area (TPSA) is 62.3 Å². The molecule has 2 amide bonds. The Labute approximate surface area is 134 Å². The Morgan fingerprint density at radius 1 is 1.22 bits per heavy atom. The Morgan fingerprint density at radius 3 is 2.57 bits per heavy atom. The average molecular weight is 317 g/mol. The number of hydrogen-bond acceptors (Lipinski definition) is 3. The molecule has 1 aromatic rings. The number of amides is 2. The van der Waals surface area contributed by atoms with Gasteiger partial charge in [0.2, 0.25) is 0 Å². The Morgan fingerprint density at radius 2 is 1.91 bits per heavy atom. The molecule has 2 saturated carbocycles. The lowest BCUT2D eigenvalue weighted by atomic mass is 9.65. The number of carbonyl (C=O) groups excluding carboxylic acids is 2. The standard InChI is InChI=1S/C17H20FN3O2/c18-17(3-4-17)15(23)21-8-5-16(11-21)9-13(10-16)20-14(22)12-1-6-19-7-2-12/h1-2,6-7,13H,3-5,8-11H2,(H,20,22). The van der Waals surface area contributed by atoms with E-state index in [4.69, 9.17) is 0 Å². The number of halogens is 1. The van der Waals surface area contributed by atoms with Gasteiger partial charge in [-0.05, 0) is 49.7 Å². The number of rotatable bonds is 3. The van der Waals surface area contributed by atoms with Crippen LogP contribution in [-0.4, -0.2) is 46.5 Å². The second-order valence-corrected chi connectivity index (χ2v) is 7.26. The van der Waals surface area contributed by atoms with E-state index in [1.54, 1.807) is 29.4 Å². The molecule has 0 aromatic carbocycles. The molecule has 0 atom stereocenters. The molecule has 0 bridgehead atoms. The monoisotopic (exact) mass is 317 g/mol. The summed E-state index contributed by atoms with van der Waals surface area (Å²) in [6.45, 7) is 1.29. The number of nitrogens with one attached hydrogen (secondary N) is 1. The summed E-state index contributed by atoms with van der Waals surface area (Å²) in [7, 11) is 0. The minimum Gasteiger partial charge on any atom is -0.349 e. The number of aromatic nitrogens is 1. The summed E-state index contributed by atoms with van der Waals surface area (Å²) >= 11 is 0. The number of hydrogen-bond donors (Lipinski definition) is 1. The molecule has 4 rings (SSSR count). The lowest BCUT2D eigenvalue weighted by Gasteiger charge is -2.45. The van der Waals surface area contributed by atoms with E-state index >= 15 is 0 Å². The quantitative estimate of drug-likeness (QED) is 0.923. The van der Waals surface area contributed by atoms with Crippen LogP contribution in [0.25, 0.3) is 0 Å². The number of likely N-dealkylation sites (tertiary alicyclic amines) is 1. The van der Waals surface area contributed by atoms with Crippen LogP contribution in [-0.2, 0) is 4.79 Å². The van der Waals surface area contributed by atoms with Crippen LogP contribution >= 0.6 is 0 Å². The van der Waals surface area contributed by atoms with Crippen molar-refractivity contribution in [3.63, 3.8) is 0 Å². The van der Waals surface area contributed by atoms with Crippen LogP contribution in [0.2, 0.25) is 0 Å². The minimum atomic E-state index is -1.57. The number of pyridine rings is 1. The van der Waals surface area contributed by atoms with Gasteiger partial charge in [-0.15, -0.1) is 0 Å². The zero-order valence-corrected chi connectivity index (χ0v) is 12.9. The van der Waals surface area contributed by atoms with E-state index in [2.05, 4.69) is 10.3 Å². The molecule has 1 saturated heterocycles. The van der Waals surface area contributed by atoms with Gasteiger partial charge in [-0.25, -0.2) is 4.39 Å². The molecule has 1 aromatic heterocycles. The molecule has 122 valence electrons. The summed E-state index contributed by atoms with van der Waals surface area (Å²) in [6, 6.07) is 3.53. The van der Waals surface area contributed by atoms with E-state index < -0.39 is 5.67 Å². The minimum absolute atomic E-state index is 0.0805. The molecule has 0 unspecified atom stereocenters. The maximum absolute atomic E-state index is 13.9. The van der Waals surface area contributed by atoms with Crippen LogP contribution in [0.1, 0.15) is 42.5 Å². The van der Waals surface area contributed by atoms with E-state index in [0.717, 1.165) is 19.3 Å². The second kappa shape index (κ2) is 5.01. The first-order chi connectivity index (χ1) is 11.0. The zero-order valence-electron chi connectivity index (χ0n) is 12.9. The highest BCUT2D eigenvalue weighted by atomic mass is 19.1. The molecule has 5 nitrogen and oxygen atoms in total. The Bertz CT molecular complexity index is 638. The highest BCUT2D eigenvalue weighted by Gasteiger charge is 2.57. The van der Waals surface area contributed by atoms with Crippen LogP contribution in [0.15, 0.2) is 24.5 Å². The summed E-state index contributed by atoms with van der Waals surface area (Å²) in [4.78, 5) is 29.8. The average Bonchev–Trinajstić information content (AvgIpc) is 3.12. The van der Waals surface area contributed by atoms with Gasteiger partial charge in [0.25, 0.3) is 11.8 Å². The smallest absolute Gasteiger partial charge is 0.260 e. The van der Waals surface area contributed by atoms with Crippen LogP contribution in [0, 0.1) is 5.41 Å². The zero-order chi connectivity index (χ0) is 16.1. The molecule has 3 fully saturated rings.